The molecule has 2 unspecified atom stereocenters. The zero-order chi connectivity index (χ0) is 45.5. The number of hydrogen-bond acceptors (Lipinski definition) is 7. The fourth-order valence-electron chi connectivity index (χ4n) is 7.60. The Hall–Kier alpha value is -1.02. The molecule has 2 atom stereocenters. The maximum Gasteiger partial charge on any atom is 0.306 e. The zero-order valence-electron chi connectivity index (χ0n) is 41.8. The zero-order valence-corrected chi connectivity index (χ0v) is 42.7. The molecule has 9 heteroatoms. The highest BCUT2D eigenvalue weighted by Gasteiger charge is 2.20. The maximum atomic E-state index is 12.8. The minimum Gasteiger partial charge on any atom is -0.756 e. The van der Waals surface area contributed by atoms with Crippen molar-refractivity contribution in [1.29, 1.82) is 0 Å². The van der Waals surface area contributed by atoms with E-state index in [9.17, 15) is 14.3 Å². The number of ether oxygens (including phenoxy) is 2. The summed E-state index contributed by atoms with van der Waals surface area (Å²) in [5.74, 6) is -0.332. The Morgan fingerprint density at radius 1 is 0.484 bits per heavy atom. The molecule has 0 aliphatic heterocycles. The van der Waals surface area contributed by atoms with Crippen molar-refractivity contribution in [3.05, 3.63) is 24.3 Å². The van der Waals surface area contributed by atoms with E-state index in [1.165, 1.54) is 199 Å². The van der Waals surface area contributed by atoms with Crippen LogP contribution in [-0.2, 0) is 27.9 Å². The molecule has 0 aromatic rings. The van der Waals surface area contributed by atoms with Crippen LogP contribution in [0.25, 0.3) is 0 Å². The molecule has 0 aliphatic carbocycles. The third-order valence-corrected chi connectivity index (χ3v) is 12.7. The summed E-state index contributed by atoms with van der Waals surface area (Å²) in [6, 6.07) is 0. The maximum absolute atomic E-state index is 12.8. The molecule has 0 radical (unpaired) electrons. The second kappa shape index (κ2) is 46.5. The number of esters is 1. The third kappa shape index (κ3) is 50.0. The molecule has 0 aromatic heterocycles. The molecule has 0 aliphatic rings. The molecule has 0 saturated heterocycles. The molecule has 368 valence electrons. The fourth-order valence-corrected chi connectivity index (χ4v) is 8.33. The van der Waals surface area contributed by atoms with Crippen LogP contribution >= 0.6 is 7.82 Å². The number of allylic oxidation sites excluding steroid dienone is 4. The van der Waals surface area contributed by atoms with Gasteiger partial charge in [0, 0.05) is 13.0 Å². The van der Waals surface area contributed by atoms with Gasteiger partial charge in [-0.15, -0.1) is 0 Å². The van der Waals surface area contributed by atoms with Gasteiger partial charge in [0.1, 0.15) is 19.3 Å². The summed E-state index contributed by atoms with van der Waals surface area (Å²) in [6.07, 6.45) is 54.9. The van der Waals surface area contributed by atoms with E-state index in [4.69, 9.17) is 18.5 Å². The Labute approximate surface area is 385 Å². The van der Waals surface area contributed by atoms with Crippen LogP contribution in [0.5, 0.6) is 0 Å². The minimum atomic E-state index is -4.53. The summed E-state index contributed by atoms with van der Waals surface area (Å²) in [7, 11) is 1.36. The second-order valence-corrected chi connectivity index (χ2v) is 20.6. The van der Waals surface area contributed by atoms with Crippen molar-refractivity contribution in [3.8, 4) is 0 Å². The average Bonchev–Trinajstić information content (AvgIpc) is 3.23. The standard InChI is InChI=1S/C53H104NO7P/c1-6-8-10-12-14-16-18-20-22-23-24-25-26-27-28-29-30-31-32-34-36-38-40-42-44-46-53(55)61-52(51-60-62(56,57)59-49-47-54(3,4)5)50-58-48-45-43-41-39-37-35-33-21-19-17-15-13-11-9-7-2/h19,21,23-24,52H,6-18,20,22,25-51H2,1-5H3/b21-19-,24-23-. The van der Waals surface area contributed by atoms with Crippen LogP contribution in [0.1, 0.15) is 251 Å². The van der Waals surface area contributed by atoms with Crippen LogP contribution < -0.4 is 4.89 Å². The van der Waals surface area contributed by atoms with E-state index in [1.807, 2.05) is 21.1 Å². The Bertz CT molecular complexity index is 1050. The van der Waals surface area contributed by atoms with Crippen LogP contribution in [0.3, 0.4) is 0 Å². The van der Waals surface area contributed by atoms with Gasteiger partial charge in [0.15, 0.2) is 0 Å². The molecule has 0 bridgehead atoms. The third-order valence-electron chi connectivity index (χ3n) is 11.7. The van der Waals surface area contributed by atoms with Gasteiger partial charge in [-0.1, -0.05) is 205 Å². The van der Waals surface area contributed by atoms with Gasteiger partial charge >= 0.3 is 5.97 Å². The summed E-state index contributed by atoms with van der Waals surface area (Å²) >= 11 is 0. The van der Waals surface area contributed by atoms with E-state index < -0.39 is 13.9 Å². The number of quaternary nitrogens is 1. The van der Waals surface area contributed by atoms with Crippen LogP contribution in [-0.4, -0.2) is 70.7 Å². The van der Waals surface area contributed by atoms with Crippen molar-refractivity contribution >= 4 is 13.8 Å². The van der Waals surface area contributed by atoms with Crippen molar-refractivity contribution < 1.29 is 37.3 Å². The number of nitrogens with zero attached hydrogens (tertiary/aromatic N) is 1. The number of unbranched alkanes of at least 4 members (excludes halogenated alkanes) is 32. The van der Waals surface area contributed by atoms with Crippen LogP contribution in [0.15, 0.2) is 24.3 Å². The first kappa shape index (κ1) is 61.0. The summed E-state index contributed by atoms with van der Waals surface area (Å²) in [4.78, 5) is 25.2. The lowest BCUT2D eigenvalue weighted by Gasteiger charge is -2.28. The molecule has 0 heterocycles. The first-order chi connectivity index (χ1) is 30.1. The molecule has 0 rings (SSSR count). The van der Waals surface area contributed by atoms with Gasteiger partial charge < -0.3 is 27.9 Å². The number of phosphoric ester groups is 1. The van der Waals surface area contributed by atoms with Gasteiger partial charge in [-0.05, 0) is 64.2 Å². The van der Waals surface area contributed by atoms with E-state index in [2.05, 4.69) is 38.2 Å². The van der Waals surface area contributed by atoms with Crippen LogP contribution in [0, 0.1) is 0 Å². The summed E-state index contributed by atoms with van der Waals surface area (Å²) < 4.78 is 34.7. The van der Waals surface area contributed by atoms with E-state index >= 15 is 0 Å². The number of likely N-dealkylation sites (N-methyl/N-ethyl adjacent to an activating group) is 1. The lowest BCUT2D eigenvalue weighted by molar-refractivity contribution is -0.870. The Morgan fingerprint density at radius 3 is 1.23 bits per heavy atom. The van der Waals surface area contributed by atoms with E-state index in [0.29, 0.717) is 24.1 Å². The van der Waals surface area contributed by atoms with Crippen LogP contribution in [0.4, 0.5) is 0 Å². The van der Waals surface area contributed by atoms with Crippen LogP contribution in [0.2, 0.25) is 0 Å². The monoisotopic (exact) mass is 898 g/mol. The summed E-state index contributed by atoms with van der Waals surface area (Å²) in [5.41, 5.74) is 0. The fraction of sp³-hybridized carbons (Fsp3) is 0.906. The molecule has 0 saturated carbocycles. The van der Waals surface area contributed by atoms with Crippen molar-refractivity contribution in [2.24, 2.45) is 0 Å². The number of phosphoric acid groups is 1. The number of hydrogen-bond donors (Lipinski definition) is 0. The van der Waals surface area contributed by atoms with Gasteiger partial charge in [0.05, 0.1) is 34.4 Å². The molecule has 0 fully saturated rings. The second-order valence-electron chi connectivity index (χ2n) is 19.2. The van der Waals surface area contributed by atoms with Crippen molar-refractivity contribution in [1.82, 2.24) is 0 Å². The molecule has 0 N–H and O–H groups in total. The normalized spacial score (nSPS) is 13.7. The van der Waals surface area contributed by atoms with E-state index in [-0.39, 0.29) is 25.8 Å². The highest BCUT2D eigenvalue weighted by atomic mass is 31.2. The number of rotatable bonds is 50. The predicted molar refractivity (Wildman–Crippen MR) is 264 cm³/mol. The molecule has 0 amide bonds. The van der Waals surface area contributed by atoms with Crippen molar-refractivity contribution in [3.63, 3.8) is 0 Å². The minimum absolute atomic E-state index is 0.0268. The summed E-state index contributed by atoms with van der Waals surface area (Å²) in [6.45, 7) is 5.43. The Kier molecular flexibility index (Phi) is 45.7. The first-order valence-electron chi connectivity index (χ1n) is 26.6. The smallest absolute Gasteiger partial charge is 0.306 e. The highest BCUT2D eigenvalue weighted by Crippen LogP contribution is 2.38. The lowest BCUT2D eigenvalue weighted by Crippen LogP contribution is -2.37. The summed E-state index contributed by atoms with van der Waals surface area (Å²) in [5, 5.41) is 0. The average molecular weight is 898 g/mol. The topological polar surface area (TPSA) is 94.1 Å². The van der Waals surface area contributed by atoms with E-state index in [1.54, 1.807) is 0 Å². The van der Waals surface area contributed by atoms with Gasteiger partial charge in [0.25, 0.3) is 7.82 Å². The van der Waals surface area contributed by atoms with Gasteiger partial charge in [-0.3, -0.25) is 9.36 Å². The molecule has 8 nitrogen and oxygen atoms in total. The molecule has 0 spiro atoms. The highest BCUT2D eigenvalue weighted by molar-refractivity contribution is 7.45. The first-order valence-corrected chi connectivity index (χ1v) is 28.0. The Morgan fingerprint density at radius 2 is 0.839 bits per heavy atom. The molecular weight excluding hydrogens is 794 g/mol. The number of carbonyl (C=O) groups excluding carboxylic acids is 1. The van der Waals surface area contributed by atoms with Gasteiger partial charge in [-0.2, -0.15) is 0 Å². The molecular formula is C53H104NO7P. The predicted octanol–water partition coefficient (Wildman–Crippen LogP) is 15.7. The molecule has 0 aromatic carbocycles. The lowest BCUT2D eigenvalue weighted by atomic mass is 10.0. The van der Waals surface area contributed by atoms with Gasteiger partial charge in [0.2, 0.25) is 0 Å². The molecule has 62 heavy (non-hydrogen) atoms. The number of carbonyl (C=O) groups is 1. The largest absolute Gasteiger partial charge is 0.756 e. The van der Waals surface area contributed by atoms with Crippen molar-refractivity contribution in [2.75, 3.05) is 54.1 Å². The quantitative estimate of drug-likeness (QED) is 0.0197. The Balaban J connectivity index is 4.06. The SMILES string of the molecule is CCCCCCC/C=C\CCCCCCCCOCC(COP(=O)([O-])OCC[N+](C)(C)C)OC(=O)CCCCCCCCCCCCCCC/C=C\CCCCCCCCCC. The van der Waals surface area contributed by atoms with Gasteiger partial charge in [-0.25, -0.2) is 0 Å². The van der Waals surface area contributed by atoms with Crippen molar-refractivity contribution in [2.45, 2.75) is 258 Å². The van der Waals surface area contributed by atoms with E-state index in [0.717, 1.165) is 32.1 Å².